The first-order valence-corrected chi connectivity index (χ1v) is 19.2. The Balaban J connectivity index is 1.18. The lowest BCUT2D eigenvalue weighted by Crippen LogP contribution is -2.01. The van der Waals surface area contributed by atoms with Crippen molar-refractivity contribution in [2.45, 2.75) is 0 Å². The van der Waals surface area contributed by atoms with E-state index in [1.54, 1.807) is 18.2 Å². The standard InChI is InChI=1S/C55H35N3/c1-3-16-36(17-4-1)45-30-31-46(49-28-12-11-27-48(45)49)39-22-15-23-41(32-39)53-56-54(42-33-38-20-7-10-25-44(38)51(35-42)37-18-5-2-6-19-37)58-55(57-53)52-34-40-21-8-9-24-43(40)47-26-13-14-29-50(47)52/h1-35H/i11D,12D,27D,28D,30D,31D. The molecule has 0 N–H and O–H groups in total. The Morgan fingerprint density at radius 3 is 1.48 bits per heavy atom. The fourth-order valence-electron chi connectivity index (χ4n) is 8.08. The minimum atomic E-state index is -0.411. The van der Waals surface area contributed by atoms with Crippen molar-refractivity contribution in [3.63, 3.8) is 0 Å². The highest BCUT2D eigenvalue weighted by atomic mass is 15.0. The van der Waals surface area contributed by atoms with E-state index in [0.29, 0.717) is 34.2 Å². The van der Waals surface area contributed by atoms with Gasteiger partial charge >= 0.3 is 0 Å². The first-order chi connectivity index (χ1) is 31.2. The maximum absolute atomic E-state index is 9.48. The molecular weight excluding hydrogens is 703 g/mol. The molecule has 1 aromatic heterocycles. The smallest absolute Gasteiger partial charge is 0.164 e. The monoisotopic (exact) mass is 743 g/mol. The Labute approximate surface area is 345 Å². The molecule has 0 radical (unpaired) electrons. The molecule has 0 saturated heterocycles. The molecule has 10 aromatic carbocycles. The molecule has 0 fully saturated rings. The molecule has 3 heteroatoms. The number of rotatable bonds is 6. The molecule has 0 unspecified atom stereocenters. The van der Waals surface area contributed by atoms with Crippen LogP contribution in [-0.2, 0) is 0 Å². The molecule has 0 aliphatic carbocycles. The van der Waals surface area contributed by atoms with Crippen molar-refractivity contribution >= 4 is 43.1 Å². The van der Waals surface area contributed by atoms with Gasteiger partial charge in [0.2, 0.25) is 0 Å². The molecule has 11 rings (SSSR count). The van der Waals surface area contributed by atoms with Gasteiger partial charge in [-0.2, -0.15) is 0 Å². The third-order valence-electron chi connectivity index (χ3n) is 10.8. The topological polar surface area (TPSA) is 38.7 Å². The van der Waals surface area contributed by atoms with Crippen LogP contribution < -0.4 is 0 Å². The fraction of sp³-hybridized carbons (Fsp3) is 0. The van der Waals surface area contributed by atoms with Crippen LogP contribution in [0.25, 0.3) is 111 Å². The summed E-state index contributed by atoms with van der Waals surface area (Å²) < 4.78 is 54.5. The summed E-state index contributed by atoms with van der Waals surface area (Å²) in [5, 5.41) is 6.72. The molecule has 0 amide bonds. The van der Waals surface area contributed by atoms with Gasteiger partial charge in [-0.1, -0.05) is 188 Å². The lowest BCUT2D eigenvalue weighted by molar-refractivity contribution is 1.08. The molecule has 0 bridgehead atoms. The van der Waals surface area contributed by atoms with Crippen molar-refractivity contribution in [2.75, 3.05) is 0 Å². The van der Waals surface area contributed by atoms with E-state index < -0.39 is 12.1 Å². The minimum Gasteiger partial charge on any atom is -0.208 e. The van der Waals surface area contributed by atoms with Crippen LogP contribution >= 0.6 is 0 Å². The van der Waals surface area contributed by atoms with E-state index in [2.05, 4.69) is 66.7 Å². The maximum atomic E-state index is 9.48. The van der Waals surface area contributed by atoms with Crippen molar-refractivity contribution in [3.8, 4) is 67.5 Å². The zero-order chi connectivity index (χ0) is 43.6. The number of fused-ring (bicyclic) bond motifs is 5. The van der Waals surface area contributed by atoms with Gasteiger partial charge in [0.15, 0.2) is 17.5 Å². The van der Waals surface area contributed by atoms with Crippen molar-refractivity contribution < 1.29 is 8.22 Å². The average Bonchev–Trinajstić information content (AvgIpc) is 3.35. The van der Waals surface area contributed by atoms with E-state index >= 15 is 0 Å². The zero-order valence-electron chi connectivity index (χ0n) is 37.1. The molecule has 0 atom stereocenters. The second-order valence-corrected chi connectivity index (χ2v) is 14.3. The summed E-state index contributed by atoms with van der Waals surface area (Å²) in [4.78, 5) is 15.7. The summed E-state index contributed by atoms with van der Waals surface area (Å²) in [7, 11) is 0. The molecule has 3 nitrogen and oxygen atoms in total. The number of hydrogen-bond donors (Lipinski definition) is 0. The van der Waals surface area contributed by atoms with Gasteiger partial charge in [0.1, 0.15) is 0 Å². The minimum absolute atomic E-state index is 0.137. The Morgan fingerprint density at radius 2 is 0.776 bits per heavy atom. The van der Waals surface area contributed by atoms with Gasteiger partial charge in [0.25, 0.3) is 0 Å². The quantitative estimate of drug-likeness (QED) is 0.159. The SMILES string of the molecule is [2H]c1c([2H])c([2H])c2c(-c3cccc(-c4nc(-c5cc(-c6ccccc6)c6ccccc6c5)nc(-c5cc6ccccc6c6ccccc56)n4)c3)c([2H])c([2H])c(-c3ccccc3)c2c1[2H]. The molecule has 0 aliphatic heterocycles. The summed E-state index contributed by atoms with van der Waals surface area (Å²) in [6.07, 6.45) is 0. The predicted octanol–water partition coefficient (Wildman–Crippen LogP) is 14.5. The van der Waals surface area contributed by atoms with E-state index in [1.165, 1.54) is 0 Å². The summed E-state index contributed by atoms with van der Waals surface area (Å²) >= 11 is 0. The highest BCUT2D eigenvalue weighted by Gasteiger charge is 2.18. The molecule has 0 saturated carbocycles. The second-order valence-electron chi connectivity index (χ2n) is 14.3. The van der Waals surface area contributed by atoms with Crippen LogP contribution in [0.1, 0.15) is 8.22 Å². The number of nitrogens with zero attached hydrogens (tertiary/aromatic N) is 3. The highest BCUT2D eigenvalue weighted by Crippen LogP contribution is 2.39. The average molecular weight is 744 g/mol. The lowest BCUT2D eigenvalue weighted by atomic mass is 9.91. The van der Waals surface area contributed by atoms with E-state index in [9.17, 15) is 4.11 Å². The van der Waals surface area contributed by atoms with Crippen LogP contribution in [0.5, 0.6) is 0 Å². The van der Waals surface area contributed by atoms with Crippen molar-refractivity contribution in [3.05, 3.63) is 212 Å². The summed E-state index contributed by atoms with van der Waals surface area (Å²) in [6, 6.07) is 56.2. The van der Waals surface area contributed by atoms with Gasteiger partial charge < -0.3 is 0 Å². The van der Waals surface area contributed by atoms with E-state index in [-0.39, 0.29) is 46.1 Å². The van der Waals surface area contributed by atoms with Gasteiger partial charge in [0, 0.05) is 16.7 Å². The van der Waals surface area contributed by atoms with Crippen LogP contribution in [0.4, 0.5) is 0 Å². The van der Waals surface area contributed by atoms with E-state index in [4.69, 9.17) is 19.1 Å². The molecule has 1 heterocycles. The Hall–Kier alpha value is -7.75. The number of benzene rings is 10. The Bertz CT molecular complexity index is 3690. The summed E-state index contributed by atoms with van der Waals surface area (Å²) in [6.45, 7) is 0. The van der Waals surface area contributed by atoms with Gasteiger partial charge in [-0.25, -0.2) is 15.0 Å². The van der Waals surface area contributed by atoms with E-state index in [0.717, 1.165) is 54.6 Å². The van der Waals surface area contributed by atoms with Gasteiger partial charge in [-0.3, -0.25) is 0 Å². The number of aromatic nitrogens is 3. The van der Waals surface area contributed by atoms with Crippen LogP contribution in [0.3, 0.4) is 0 Å². The second kappa shape index (κ2) is 14.1. The molecule has 0 aliphatic rings. The van der Waals surface area contributed by atoms with Crippen molar-refractivity contribution in [2.24, 2.45) is 0 Å². The third kappa shape index (κ3) is 5.89. The summed E-state index contributed by atoms with van der Waals surface area (Å²) in [5.41, 5.74) is 5.93. The van der Waals surface area contributed by atoms with E-state index in [1.807, 2.05) is 91.0 Å². The molecule has 58 heavy (non-hydrogen) atoms. The molecular formula is C55H35N3. The predicted molar refractivity (Wildman–Crippen MR) is 242 cm³/mol. The maximum Gasteiger partial charge on any atom is 0.164 e. The fourth-order valence-corrected chi connectivity index (χ4v) is 8.08. The normalized spacial score (nSPS) is 12.9. The van der Waals surface area contributed by atoms with Crippen LogP contribution in [0, 0.1) is 0 Å². The Kier molecular flexibility index (Phi) is 6.74. The van der Waals surface area contributed by atoms with Crippen LogP contribution in [-0.4, -0.2) is 15.0 Å². The van der Waals surface area contributed by atoms with Gasteiger partial charge in [-0.05, 0) is 101 Å². The summed E-state index contributed by atoms with van der Waals surface area (Å²) in [5.74, 6) is 1.31. The zero-order valence-corrected chi connectivity index (χ0v) is 31.1. The highest BCUT2D eigenvalue weighted by molar-refractivity contribution is 6.13. The van der Waals surface area contributed by atoms with Crippen LogP contribution in [0.15, 0.2) is 212 Å². The van der Waals surface area contributed by atoms with Gasteiger partial charge in [0.05, 0.1) is 8.22 Å². The molecule has 0 spiro atoms. The van der Waals surface area contributed by atoms with Crippen LogP contribution in [0.2, 0.25) is 0 Å². The van der Waals surface area contributed by atoms with Crippen molar-refractivity contribution in [1.29, 1.82) is 0 Å². The Morgan fingerprint density at radius 1 is 0.276 bits per heavy atom. The molecule has 270 valence electrons. The number of hydrogen-bond acceptors (Lipinski definition) is 3. The first-order valence-electron chi connectivity index (χ1n) is 22.2. The van der Waals surface area contributed by atoms with Crippen molar-refractivity contribution in [1.82, 2.24) is 15.0 Å². The lowest BCUT2D eigenvalue weighted by Gasteiger charge is -2.15. The molecule has 11 aromatic rings. The van der Waals surface area contributed by atoms with Gasteiger partial charge in [-0.15, -0.1) is 0 Å². The third-order valence-corrected chi connectivity index (χ3v) is 10.8. The largest absolute Gasteiger partial charge is 0.208 e. The first kappa shape index (κ1) is 27.8.